The fourth-order valence-corrected chi connectivity index (χ4v) is 3.41. The number of methoxy groups -OCH3 is 1. The quantitative estimate of drug-likeness (QED) is 0.291. The third-order valence-corrected chi connectivity index (χ3v) is 5.17. The molecule has 0 unspecified atom stereocenters. The number of hydrogen-bond donors (Lipinski definition) is 1. The van der Waals surface area contributed by atoms with Crippen molar-refractivity contribution in [2.45, 2.75) is 83.7 Å². The molecule has 1 rings (SSSR count). The van der Waals surface area contributed by atoms with E-state index in [2.05, 4.69) is 17.7 Å². The van der Waals surface area contributed by atoms with Gasteiger partial charge in [-0.3, -0.25) is 9.59 Å². The molecule has 0 aromatic heterocycles. The van der Waals surface area contributed by atoms with E-state index in [-0.39, 0.29) is 23.6 Å². The summed E-state index contributed by atoms with van der Waals surface area (Å²) in [4.78, 5) is 23.2. The lowest BCUT2D eigenvalue weighted by Crippen LogP contribution is -2.22. The minimum absolute atomic E-state index is 0.0347. The molecule has 0 heterocycles. The molecule has 1 aliphatic rings. The van der Waals surface area contributed by atoms with Crippen LogP contribution in [-0.2, 0) is 14.3 Å². The van der Waals surface area contributed by atoms with Gasteiger partial charge in [0.1, 0.15) is 0 Å². The molecule has 0 fully saturated rings. The van der Waals surface area contributed by atoms with Gasteiger partial charge in [-0.25, -0.2) is 0 Å². The minimum Gasteiger partial charge on any atom is -0.469 e. The molecule has 26 heavy (non-hydrogen) atoms. The van der Waals surface area contributed by atoms with Gasteiger partial charge in [0.05, 0.1) is 12.7 Å². The monoisotopic (exact) mass is 364 g/mol. The fourth-order valence-electron chi connectivity index (χ4n) is 3.41. The molecule has 3 atom stereocenters. The van der Waals surface area contributed by atoms with Gasteiger partial charge in [-0.2, -0.15) is 0 Å². The highest BCUT2D eigenvalue weighted by Gasteiger charge is 2.27. The van der Waals surface area contributed by atoms with Crippen molar-refractivity contribution in [3.63, 3.8) is 0 Å². The Labute approximate surface area is 158 Å². The van der Waals surface area contributed by atoms with E-state index in [0.29, 0.717) is 12.8 Å². The molecule has 0 radical (unpaired) electrons. The largest absolute Gasteiger partial charge is 0.469 e. The molecule has 0 bridgehead atoms. The van der Waals surface area contributed by atoms with E-state index in [1.807, 2.05) is 19.1 Å². The highest BCUT2D eigenvalue weighted by atomic mass is 16.5. The second-order valence-corrected chi connectivity index (χ2v) is 7.71. The molecule has 0 aromatic carbocycles. The number of ether oxygens (including phenoxy) is 1. The van der Waals surface area contributed by atoms with Gasteiger partial charge in [0, 0.05) is 18.3 Å². The molecule has 0 aliphatic heterocycles. The summed E-state index contributed by atoms with van der Waals surface area (Å²) in [6, 6.07) is 0. The van der Waals surface area contributed by atoms with Crippen LogP contribution in [0.3, 0.4) is 0 Å². The van der Waals surface area contributed by atoms with Gasteiger partial charge in [-0.05, 0) is 38.7 Å². The zero-order chi connectivity index (χ0) is 19.4. The van der Waals surface area contributed by atoms with Gasteiger partial charge >= 0.3 is 5.97 Å². The average Bonchev–Trinajstić information content (AvgIpc) is 2.96. The molecule has 4 heteroatoms. The maximum atomic E-state index is 12.1. The summed E-state index contributed by atoms with van der Waals surface area (Å²) >= 11 is 0. The van der Waals surface area contributed by atoms with Crippen molar-refractivity contribution in [2.24, 2.45) is 11.8 Å². The Kier molecular flexibility index (Phi) is 10.5. The Hall–Kier alpha value is -1.42. The zero-order valence-electron chi connectivity index (χ0n) is 16.7. The Morgan fingerprint density at radius 1 is 1.27 bits per heavy atom. The zero-order valence-corrected chi connectivity index (χ0v) is 16.7. The molecule has 1 N–H and O–H groups in total. The van der Waals surface area contributed by atoms with Crippen molar-refractivity contribution < 1.29 is 19.4 Å². The number of carbonyl (C=O) groups excluding carboxylic acids is 2. The van der Waals surface area contributed by atoms with Crippen molar-refractivity contribution in [1.82, 2.24) is 0 Å². The van der Waals surface area contributed by atoms with Crippen LogP contribution < -0.4 is 0 Å². The lowest BCUT2D eigenvalue weighted by molar-refractivity contribution is -0.140. The van der Waals surface area contributed by atoms with Crippen LogP contribution in [0.4, 0.5) is 0 Å². The fraction of sp³-hybridized carbons (Fsp3) is 0.727. The minimum atomic E-state index is -0.659. The summed E-state index contributed by atoms with van der Waals surface area (Å²) < 4.78 is 4.63. The van der Waals surface area contributed by atoms with E-state index < -0.39 is 5.60 Å². The van der Waals surface area contributed by atoms with Crippen LogP contribution in [-0.4, -0.2) is 29.6 Å². The van der Waals surface area contributed by atoms with Crippen LogP contribution in [0.1, 0.15) is 78.1 Å². The first-order chi connectivity index (χ1) is 12.4. The van der Waals surface area contributed by atoms with Crippen LogP contribution >= 0.6 is 0 Å². The second-order valence-electron chi connectivity index (χ2n) is 7.71. The highest BCUT2D eigenvalue weighted by Crippen LogP contribution is 2.29. The van der Waals surface area contributed by atoms with Crippen molar-refractivity contribution in [2.75, 3.05) is 7.11 Å². The molecular weight excluding hydrogens is 328 g/mol. The van der Waals surface area contributed by atoms with Gasteiger partial charge < -0.3 is 9.84 Å². The van der Waals surface area contributed by atoms with Crippen LogP contribution in [0, 0.1) is 11.8 Å². The standard InChI is InChI=1S/C22H36O4/c1-4-5-16-22(2,25)17-10-11-18-14-15-20(23)19(18)12-8-6-7-9-13-21(24)26-3/h10-11,14-15,18-19,25H,4-9,12-13,16-17H2,1-3H3/b11-10+/t18-,19+,22-/m0/s1. The topological polar surface area (TPSA) is 63.6 Å². The van der Waals surface area contributed by atoms with Gasteiger partial charge in [-0.1, -0.05) is 57.3 Å². The molecule has 0 saturated heterocycles. The Morgan fingerprint density at radius 3 is 2.69 bits per heavy atom. The van der Waals surface area contributed by atoms with E-state index in [0.717, 1.165) is 51.4 Å². The first kappa shape index (κ1) is 22.6. The Morgan fingerprint density at radius 2 is 2.00 bits per heavy atom. The number of hydrogen-bond acceptors (Lipinski definition) is 4. The molecular formula is C22H36O4. The van der Waals surface area contributed by atoms with Gasteiger partial charge in [0.2, 0.25) is 0 Å². The predicted octanol–water partition coefficient (Wildman–Crippen LogP) is 4.76. The van der Waals surface area contributed by atoms with Crippen LogP contribution in [0.15, 0.2) is 24.3 Å². The summed E-state index contributed by atoms with van der Waals surface area (Å²) in [6.07, 6.45) is 16.6. The average molecular weight is 365 g/mol. The Balaban J connectivity index is 2.32. The van der Waals surface area contributed by atoms with Crippen LogP contribution in [0.25, 0.3) is 0 Å². The van der Waals surface area contributed by atoms with Crippen LogP contribution in [0.2, 0.25) is 0 Å². The maximum absolute atomic E-state index is 12.1. The lowest BCUT2D eigenvalue weighted by atomic mass is 9.88. The first-order valence-corrected chi connectivity index (χ1v) is 10.1. The van der Waals surface area contributed by atoms with Gasteiger partial charge in [-0.15, -0.1) is 0 Å². The number of carbonyl (C=O) groups is 2. The maximum Gasteiger partial charge on any atom is 0.305 e. The third kappa shape index (κ3) is 8.79. The first-order valence-electron chi connectivity index (χ1n) is 10.1. The van der Waals surface area contributed by atoms with E-state index in [4.69, 9.17) is 0 Å². The molecule has 0 aromatic rings. The molecule has 0 saturated carbocycles. The number of ketones is 1. The predicted molar refractivity (Wildman–Crippen MR) is 105 cm³/mol. The summed E-state index contributed by atoms with van der Waals surface area (Å²) in [6.45, 7) is 4.01. The Bertz CT molecular complexity index is 490. The molecule has 1 aliphatic carbocycles. The number of rotatable bonds is 13. The third-order valence-electron chi connectivity index (χ3n) is 5.17. The van der Waals surface area contributed by atoms with Gasteiger partial charge in [0.15, 0.2) is 5.78 Å². The summed E-state index contributed by atoms with van der Waals surface area (Å²) in [5.41, 5.74) is -0.659. The molecule has 0 amide bonds. The van der Waals surface area contributed by atoms with Crippen molar-refractivity contribution >= 4 is 11.8 Å². The van der Waals surface area contributed by atoms with E-state index in [1.165, 1.54) is 7.11 Å². The number of allylic oxidation sites excluding steroid dienone is 3. The van der Waals surface area contributed by atoms with E-state index in [1.54, 1.807) is 6.08 Å². The number of unbranched alkanes of at least 4 members (excludes halogenated alkanes) is 4. The van der Waals surface area contributed by atoms with Gasteiger partial charge in [0.25, 0.3) is 0 Å². The van der Waals surface area contributed by atoms with Crippen LogP contribution in [0.5, 0.6) is 0 Å². The van der Waals surface area contributed by atoms with Crippen molar-refractivity contribution in [3.8, 4) is 0 Å². The van der Waals surface area contributed by atoms with E-state index in [9.17, 15) is 14.7 Å². The molecule has 4 nitrogen and oxygen atoms in total. The lowest BCUT2D eigenvalue weighted by Gasteiger charge is -2.21. The summed E-state index contributed by atoms with van der Waals surface area (Å²) in [7, 11) is 1.41. The summed E-state index contributed by atoms with van der Waals surface area (Å²) in [5, 5.41) is 10.3. The molecule has 0 spiro atoms. The van der Waals surface area contributed by atoms with Crippen molar-refractivity contribution in [3.05, 3.63) is 24.3 Å². The highest BCUT2D eigenvalue weighted by molar-refractivity contribution is 5.94. The second kappa shape index (κ2) is 12.1. The van der Waals surface area contributed by atoms with E-state index >= 15 is 0 Å². The smallest absolute Gasteiger partial charge is 0.305 e. The summed E-state index contributed by atoms with van der Waals surface area (Å²) in [5.74, 6) is 0.249. The molecule has 148 valence electrons. The normalized spacial score (nSPS) is 22.1. The number of aliphatic hydroxyl groups is 1. The van der Waals surface area contributed by atoms with Crippen molar-refractivity contribution in [1.29, 1.82) is 0 Å². The number of esters is 1. The SMILES string of the molecule is CCCC[C@](C)(O)C/C=C/[C@H]1C=CC(=O)[C@@H]1CCCCCCC(=O)OC.